The number of rotatable bonds is 8. The van der Waals surface area contributed by atoms with Gasteiger partial charge in [-0.25, -0.2) is 8.42 Å². The average Bonchev–Trinajstić information content (AvgIpc) is 2.82. The molecule has 174 valence electrons. The summed E-state index contributed by atoms with van der Waals surface area (Å²) in [4.78, 5) is 6.14. The lowest BCUT2D eigenvalue weighted by Gasteiger charge is -2.35. The molecule has 1 saturated heterocycles. The molecule has 0 unspecified atom stereocenters. The van der Waals surface area contributed by atoms with Crippen LogP contribution in [0, 0.1) is 0 Å². The Balaban J connectivity index is 1.36. The van der Waals surface area contributed by atoms with E-state index in [2.05, 4.69) is 23.9 Å². The third kappa shape index (κ3) is 5.42. The summed E-state index contributed by atoms with van der Waals surface area (Å²) < 4.78 is 34.0. The quantitative estimate of drug-likeness (QED) is 0.542. The topological polar surface area (TPSA) is 53.1 Å². The van der Waals surface area contributed by atoms with Crippen molar-refractivity contribution in [2.75, 3.05) is 56.9 Å². The number of thioether (sulfide) groups is 1. The van der Waals surface area contributed by atoms with Gasteiger partial charge in [-0.15, -0.1) is 11.8 Å². The summed E-state index contributed by atoms with van der Waals surface area (Å²) in [5.74, 6) is 1.47. The highest BCUT2D eigenvalue weighted by Gasteiger charge is 2.29. The lowest BCUT2D eigenvalue weighted by molar-refractivity contribution is 0.138. The first kappa shape index (κ1) is 23.4. The van der Waals surface area contributed by atoms with Gasteiger partial charge in [0.2, 0.25) is 0 Å². The Labute approximate surface area is 196 Å². The van der Waals surface area contributed by atoms with Crippen LogP contribution in [0.25, 0.3) is 0 Å². The van der Waals surface area contributed by atoms with Crippen LogP contribution in [0.3, 0.4) is 0 Å². The zero-order valence-electron chi connectivity index (χ0n) is 18.9. The van der Waals surface area contributed by atoms with Gasteiger partial charge in [0.15, 0.2) is 0 Å². The number of sulfonamides is 1. The van der Waals surface area contributed by atoms with Gasteiger partial charge in [0.25, 0.3) is 10.0 Å². The van der Waals surface area contributed by atoms with Crippen LogP contribution in [0.2, 0.25) is 0 Å². The van der Waals surface area contributed by atoms with Crippen LogP contribution >= 0.6 is 11.8 Å². The number of anilines is 1. The molecule has 1 fully saturated rings. The van der Waals surface area contributed by atoms with Crippen LogP contribution in [0.1, 0.15) is 19.3 Å². The molecule has 32 heavy (non-hydrogen) atoms. The summed E-state index contributed by atoms with van der Waals surface area (Å²) in [7, 11) is 0.740. The predicted molar refractivity (Wildman–Crippen MR) is 131 cm³/mol. The molecule has 0 radical (unpaired) electrons. The maximum absolute atomic E-state index is 13.2. The van der Waals surface area contributed by atoms with Gasteiger partial charge in [-0.3, -0.25) is 4.31 Å². The summed E-state index contributed by atoms with van der Waals surface area (Å²) in [6.07, 6.45) is 3.41. The Morgan fingerprint density at radius 1 is 1.06 bits per heavy atom. The molecule has 0 N–H and O–H groups in total. The van der Waals surface area contributed by atoms with Gasteiger partial charge in [0.05, 0.1) is 17.2 Å². The monoisotopic (exact) mass is 475 g/mol. The zero-order chi connectivity index (χ0) is 22.6. The fourth-order valence-electron chi connectivity index (χ4n) is 4.37. The number of benzene rings is 2. The lowest BCUT2D eigenvalue weighted by Crippen LogP contribution is -2.42. The van der Waals surface area contributed by atoms with E-state index in [0.29, 0.717) is 29.8 Å². The van der Waals surface area contributed by atoms with E-state index >= 15 is 0 Å². The molecule has 6 nitrogen and oxygen atoms in total. The molecule has 0 aromatic heterocycles. The van der Waals surface area contributed by atoms with Crippen LogP contribution in [0.15, 0.2) is 58.3 Å². The molecule has 2 aromatic carbocycles. The Morgan fingerprint density at radius 3 is 2.53 bits per heavy atom. The van der Waals surface area contributed by atoms with Crippen molar-refractivity contribution in [1.82, 2.24) is 9.80 Å². The largest absolute Gasteiger partial charge is 0.493 e. The maximum Gasteiger partial charge on any atom is 0.264 e. The van der Waals surface area contributed by atoms with E-state index in [-0.39, 0.29) is 0 Å². The van der Waals surface area contributed by atoms with Gasteiger partial charge in [0, 0.05) is 35.8 Å². The second-order valence-corrected chi connectivity index (χ2v) is 11.6. The van der Waals surface area contributed by atoms with Crippen molar-refractivity contribution in [3.63, 3.8) is 0 Å². The Bertz CT molecular complexity index is 991. The van der Waals surface area contributed by atoms with Crippen LogP contribution in [-0.2, 0) is 10.0 Å². The molecule has 0 aliphatic carbocycles. The Kier molecular flexibility index (Phi) is 7.66. The molecule has 0 atom stereocenters. The van der Waals surface area contributed by atoms with Gasteiger partial charge in [0.1, 0.15) is 5.75 Å². The first-order chi connectivity index (χ1) is 15.4. The Hall–Kier alpha value is -1.74. The Morgan fingerprint density at radius 2 is 1.81 bits per heavy atom. The first-order valence-corrected chi connectivity index (χ1v) is 13.7. The molecule has 8 heteroatoms. The van der Waals surface area contributed by atoms with Crippen LogP contribution in [0.4, 0.5) is 5.69 Å². The van der Waals surface area contributed by atoms with E-state index in [1.54, 1.807) is 36.0 Å². The number of ether oxygens (including phenoxy) is 1. The lowest BCUT2D eigenvalue weighted by atomic mass is 10.0. The summed E-state index contributed by atoms with van der Waals surface area (Å²) >= 11 is 1.69. The van der Waals surface area contributed by atoms with E-state index in [4.69, 9.17) is 4.74 Å². The highest BCUT2D eigenvalue weighted by Crippen LogP contribution is 2.40. The minimum Gasteiger partial charge on any atom is -0.493 e. The summed E-state index contributed by atoms with van der Waals surface area (Å²) in [6, 6.07) is 15.2. The molecule has 0 amide bonds. The van der Waals surface area contributed by atoms with E-state index < -0.39 is 10.0 Å². The van der Waals surface area contributed by atoms with Crippen molar-refractivity contribution in [2.45, 2.75) is 35.1 Å². The van der Waals surface area contributed by atoms with Gasteiger partial charge >= 0.3 is 0 Å². The molecule has 2 aliphatic rings. The maximum atomic E-state index is 13.2. The zero-order valence-corrected chi connectivity index (χ0v) is 20.6. The second-order valence-electron chi connectivity index (χ2n) is 8.61. The van der Waals surface area contributed by atoms with Gasteiger partial charge in [-0.05, 0) is 70.7 Å². The highest BCUT2D eigenvalue weighted by atomic mass is 32.2. The fourth-order valence-corrected chi connectivity index (χ4v) is 7.02. The highest BCUT2D eigenvalue weighted by molar-refractivity contribution is 8.00. The fraction of sp³-hybridized carbons (Fsp3) is 0.500. The number of hydrogen-bond donors (Lipinski definition) is 0. The number of fused-ring (bicyclic) bond motifs is 1. The van der Waals surface area contributed by atoms with Crippen molar-refractivity contribution in [2.24, 2.45) is 0 Å². The van der Waals surface area contributed by atoms with Crippen LogP contribution in [0.5, 0.6) is 5.75 Å². The average molecular weight is 476 g/mol. The number of piperidine rings is 1. The molecular formula is C24H33N3O3S2. The van der Waals surface area contributed by atoms with Gasteiger partial charge in [-0.2, -0.15) is 0 Å². The summed E-state index contributed by atoms with van der Waals surface area (Å²) in [5, 5.41) is 0. The molecule has 2 heterocycles. The van der Waals surface area contributed by atoms with Crippen molar-refractivity contribution in [3.05, 3.63) is 48.5 Å². The minimum atomic E-state index is -3.59. The second kappa shape index (κ2) is 10.5. The minimum absolute atomic E-state index is 0.321. The van der Waals surface area contributed by atoms with E-state index in [1.165, 1.54) is 17.1 Å². The summed E-state index contributed by atoms with van der Waals surface area (Å²) in [6.45, 7) is 4.41. The van der Waals surface area contributed by atoms with E-state index in [0.717, 1.165) is 42.5 Å². The molecule has 2 aliphatic heterocycles. The van der Waals surface area contributed by atoms with E-state index in [9.17, 15) is 8.42 Å². The number of hydrogen-bond acceptors (Lipinski definition) is 6. The van der Waals surface area contributed by atoms with Crippen molar-refractivity contribution in [3.8, 4) is 5.75 Å². The molecule has 0 spiro atoms. The first-order valence-electron chi connectivity index (χ1n) is 11.3. The van der Waals surface area contributed by atoms with Crippen LogP contribution < -0.4 is 9.04 Å². The normalized spacial score (nSPS) is 18.0. The molecule has 4 rings (SSSR count). The molecule has 2 aromatic rings. The molecule has 0 bridgehead atoms. The number of nitrogens with zero attached hydrogens (tertiary/aromatic N) is 3. The third-order valence-electron chi connectivity index (χ3n) is 6.26. The SMILES string of the molecule is CN(C)C1CCN(CCCOc2ccc3c(c2)N(S(=O)(=O)c2ccccc2)CCS3)CC1. The predicted octanol–water partition coefficient (Wildman–Crippen LogP) is 3.78. The van der Waals surface area contributed by atoms with Gasteiger partial charge < -0.3 is 14.5 Å². The molecular weight excluding hydrogens is 442 g/mol. The van der Waals surface area contributed by atoms with Crippen molar-refractivity contribution >= 4 is 27.5 Å². The van der Waals surface area contributed by atoms with Crippen molar-refractivity contribution in [1.29, 1.82) is 0 Å². The van der Waals surface area contributed by atoms with Gasteiger partial charge in [-0.1, -0.05) is 18.2 Å². The summed E-state index contributed by atoms with van der Waals surface area (Å²) in [5.41, 5.74) is 0.716. The van der Waals surface area contributed by atoms with Crippen molar-refractivity contribution < 1.29 is 13.2 Å². The van der Waals surface area contributed by atoms with E-state index in [1.807, 2.05) is 24.3 Å². The molecule has 0 saturated carbocycles. The number of likely N-dealkylation sites (tertiary alicyclic amines) is 1. The smallest absolute Gasteiger partial charge is 0.264 e. The van der Waals surface area contributed by atoms with Crippen LogP contribution in [-0.4, -0.2) is 76.9 Å². The standard InChI is InChI=1S/C24H33N3O3S2/c1-25(2)20-11-14-26(15-12-20)13-6-17-30-21-9-10-24-23(19-21)27(16-18-31-24)32(28,29)22-7-4-3-5-8-22/h3-5,7-10,19-20H,6,11-18H2,1-2H3. The third-order valence-corrected chi connectivity index (χ3v) is 9.13.